The molecular weight excluding hydrogens is 302 g/mol. The molecule has 23 heavy (non-hydrogen) atoms. The highest BCUT2D eigenvalue weighted by Gasteiger charge is 2.25. The van der Waals surface area contributed by atoms with Crippen molar-refractivity contribution in [3.05, 3.63) is 39.9 Å². The lowest BCUT2D eigenvalue weighted by molar-refractivity contribution is -0.384. The molecule has 0 spiro atoms. The third kappa shape index (κ3) is 4.41. The number of ether oxygens (including phenoxy) is 1. The van der Waals surface area contributed by atoms with Crippen LogP contribution in [0.4, 0.5) is 10.5 Å². The maximum absolute atomic E-state index is 12.2. The first-order valence-electron chi connectivity index (χ1n) is 7.48. The summed E-state index contributed by atoms with van der Waals surface area (Å²) in [6, 6.07) is 5.55. The monoisotopic (exact) mass is 321 g/mol. The predicted octanol–water partition coefficient (Wildman–Crippen LogP) is 1.95. The van der Waals surface area contributed by atoms with Gasteiger partial charge in [0.2, 0.25) is 0 Å². The van der Waals surface area contributed by atoms with Gasteiger partial charge in [-0.1, -0.05) is 6.07 Å². The zero-order chi connectivity index (χ0) is 16.8. The smallest absolute Gasteiger partial charge is 0.409 e. The van der Waals surface area contributed by atoms with E-state index in [0.29, 0.717) is 32.5 Å². The molecule has 0 radical (unpaired) electrons. The number of rotatable bonds is 4. The SMILES string of the molecule is CCOC(=O)N1CCC(NC(=O)c2cccc([N+](=O)[O-])c2)CC1. The number of hydrogen-bond acceptors (Lipinski definition) is 5. The first-order chi connectivity index (χ1) is 11.0. The van der Waals surface area contributed by atoms with Gasteiger partial charge in [-0.3, -0.25) is 14.9 Å². The fourth-order valence-corrected chi connectivity index (χ4v) is 2.45. The van der Waals surface area contributed by atoms with E-state index < -0.39 is 4.92 Å². The van der Waals surface area contributed by atoms with E-state index in [1.54, 1.807) is 11.8 Å². The van der Waals surface area contributed by atoms with Gasteiger partial charge in [0, 0.05) is 36.8 Å². The van der Waals surface area contributed by atoms with E-state index in [0.717, 1.165) is 0 Å². The third-order valence-corrected chi connectivity index (χ3v) is 3.68. The highest BCUT2D eigenvalue weighted by atomic mass is 16.6. The Morgan fingerprint density at radius 1 is 1.39 bits per heavy atom. The highest BCUT2D eigenvalue weighted by molar-refractivity contribution is 5.95. The Morgan fingerprint density at radius 2 is 2.09 bits per heavy atom. The lowest BCUT2D eigenvalue weighted by Crippen LogP contribution is -2.46. The van der Waals surface area contributed by atoms with Gasteiger partial charge >= 0.3 is 6.09 Å². The molecule has 0 atom stereocenters. The van der Waals surface area contributed by atoms with Gasteiger partial charge in [0.15, 0.2) is 0 Å². The maximum atomic E-state index is 12.2. The van der Waals surface area contributed by atoms with E-state index >= 15 is 0 Å². The summed E-state index contributed by atoms with van der Waals surface area (Å²) in [5, 5.41) is 13.6. The zero-order valence-electron chi connectivity index (χ0n) is 12.9. The van der Waals surface area contributed by atoms with Crippen molar-refractivity contribution in [1.82, 2.24) is 10.2 Å². The van der Waals surface area contributed by atoms with Crippen LogP contribution in [0.2, 0.25) is 0 Å². The Labute approximate surface area is 133 Å². The second kappa shape index (κ2) is 7.57. The first kappa shape index (κ1) is 16.7. The van der Waals surface area contributed by atoms with Crippen molar-refractivity contribution in [1.29, 1.82) is 0 Å². The number of carbonyl (C=O) groups excluding carboxylic acids is 2. The van der Waals surface area contributed by atoms with Gasteiger partial charge in [-0.05, 0) is 25.8 Å². The van der Waals surface area contributed by atoms with E-state index in [1.165, 1.54) is 24.3 Å². The minimum Gasteiger partial charge on any atom is -0.450 e. The number of likely N-dealkylation sites (tertiary alicyclic amines) is 1. The average molecular weight is 321 g/mol. The lowest BCUT2D eigenvalue weighted by Gasteiger charge is -2.31. The zero-order valence-corrected chi connectivity index (χ0v) is 12.9. The van der Waals surface area contributed by atoms with E-state index in [2.05, 4.69) is 5.32 Å². The first-order valence-corrected chi connectivity index (χ1v) is 7.48. The molecule has 0 saturated carbocycles. The number of hydrogen-bond donors (Lipinski definition) is 1. The molecule has 8 nitrogen and oxygen atoms in total. The summed E-state index contributed by atoms with van der Waals surface area (Å²) in [6.45, 7) is 3.11. The minimum absolute atomic E-state index is 0.0626. The van der Waals surface area contributed by atoms with Crippen molar-refractivity contribution < 1.29 is 19.2 Å². The molecule has 1 aromatic carbocycles. The quantitative estimate of drug-likeness (QED) is 0.674. The van der Waals surface area contributed by atoms with Crippen LogP contribution in [-0.4, -0.2) is 47.6 Å². The van der Waals surface area contributed by atoms with Gasteiger partial charge in [0.05, 0.1) is 11.5 Å². The van der Waals surface area contributed by atoms with E-state index in [4.69, 9.17) is 4.74 Å². The molecule has 1 N–H and O–H groups in total. The highest BCUT2D eigenvalue weighted by Crippen LogP contribution is 2.15. The molecule has 1 aromatic rings. The summed E-state index contributed by atoms with van der Waals surface area (Å²) in [7, 11) is 0. The van der Waals surface area contributed by atoms with Crippen molar-refractivity contribution in [3.63, 3.8) is 0 Å². The third-order valence-electron chi connectivity index (χ3n) is 3.68. The molecule has 0 aromatic heterocycles. The van der Waals surface area contributed by atoms with Crippen LogP contribution in [0.25, 0.3) is 0 Å². The van der Waals surface area contributed by atoms with Crippen LogP contribution in [0.3, 0.4) is 0 Å². The van der Waals surface area contributed by atoms with Gasteiger partial charge in [-0.2, -0.15) is 0 Å². The summed E-state index contributed by atoms with van der Waals surface area (Å²) in [5.41, 5.74) is 0.141. The van der Waals surface area contributed by atoms with E-state index in [1.807, 2.05) is 0 Å². The molecule has 0 bridgehead atoms. The number of nitrogens with one attached hydrogen (secondary N) is 1. The molecule has 1 saturated heterocycles. The van der Waals surface area contributed by atoms with Gasteiger partial charge in [-0.15, -0.1) is 0 Å². The van der Waals surface area contributed by atoms with Crippen molar-refractivity contribution >= 4 is 17.7 Å². The van der Waals surface area contributed by atoms with Crippen LogP contribution >= 0.6 is 0 Å². The van der Waals surface area contributed by atoms with Gasteiger partial charge < -0.3 is 15.0 Å². The van der Waals surface area contributed by atoms with Gasteiger partial charge in [-0.25, -0.2) is 4.79 Å². The predicted molar refractivity (Wildman–Crippen MR) is 82.2 cm³/mol. The standard InChI is InChI=1S/C15H19N3O5/c1-2-23-15(20)17-8-6-12(7-9-17)16-14(19)11-4-3-5-13(10-11)18(21)22/h3-5,10,12H,2,6-9H2,1H3,(H,16,19). The van der Waals surface area contributed by atoms with Crippen LogP contribution in [-0.2, 0) is 4.74 Å². The molecule has 1 aliphatic rings. The molecule has 1 aliphatic heterocycles. The van der Waals surface area contributed by atoms with Crippen LogP contribution in [0, 0.1) is 10.1 Å². The Hall–Kier alpha value is -2.64. The Morgan fingerprint density at radius 3 is 2.70 bits per heavy atom. The number of carbonyl (C=O) groups is 2. The summed E-state index contributed by atoms with van der Waals surface area (Å²) in [5.74, 6) is -0.344. The van der Waals surface area contributed by atoms with Crippen LogP contribution < -0.4 is 5.32 Å². The minimum atomic E-state index is -0.533. The summed E-state index contributed by atoms with van der Waals surface area (Å²) >= 11 is 0. The van der Waals surface area contributed by atoms with E-state index in [-0.39, 0.29) is 29.3 Å². The summed E-state index contributed by atoms with van der Waals surface area (Å²) < 4.78 is 4.94. The fraction of sp³-hybridized carbons (Fsp3) is 0.467. The molecule has 1 heterocycles. The number of amides is 2. The summed E-state index contributed by atoms with van der Waals surface area (Å²) in [6.07, 6.45) is 0.912. The number of nitro benzene ring substituents is 1. The number of nitrogens with zero attached hydrogens (tertiary/aromatic N) is 2. The van der Waals surface area contributed by atoms with Gasteiger partial charge in [0.25, 0.3) is 11.6 Å². The van der Waals surface area contributed by atoms with Crippen LogP contribution in [0.15, 0.2) is 24.3 Å². The Balaban J connectivity index is 1.89. The molecular formula is C15H19N3O5. The van der Waals surface area contributed by atoms with Crippen molar-refractivity contribution in [2.24, 2.45) is 0 Å². The van der Waals surface area contributed by atoms with Crippen LogP contribution in [0.5, 0.6) is 0 Å². The van der Waals surface area contributed by atoms with Crippen molar-refractivity contribution in [2.45, 2.75) is 25.8 Å². The average Bonchev–Trinajstić information content (AvgIpc) is 2.55. The van der Waals surface area contributed by atoms with Crippen molar-refractivity contribution in [2.75, 3.05) is 19.7 Å². The lowest BCUT2D eigenvalue weighted by atomic mass is 10.0. The number of nitro groups is 1. The second-order valence-electron chi connectivity index (χ2n) is 5.24. The molecule has 0 aliphatic carbocycles. The molecule has 8 heteroatoms. The molecule has 124 valence electrons. The fourth-order valence-electron chi connectivity index (χ4n) is 2.45. The largest absolute Gasteiger partial charge is 0.450 e. The molecule has 1 fully saturated rings. The maximum Gasteiger partial charge on any atom is 0.409 e. The summed E-state index contributed by atoms with van der Waals surface area (Å²) in [4.78, 5) is 35.6. The number of benzene rings is 1. The normalized spacial score (nSPS) is 15.1. The van der Waals surface area contributed by atoms with Crippen molar-refractivity contribution in [3.8, 4) is 0 Å². The van der Waals surface area contributed by atoms with Gasteiger partial charge in [0.1, 0.15) is 0 Å². The van der Waals surface area contributed by atoms with E-state index in [9.17, 15) is 19.7 Å². The molecule has 2 amide bonds. The molecule has 0 unspecified atom stereocenters. The molecule has 2 rings (SSSR count). The van der Waals surface area contributed by atoms with Crippen LogP contribution in [0.1, 0.15) is 30.1 Å². The Bertz CT molecular complexity index is 597. The second-order valence-corrected chi connectivity index (χ2v) is 5.24. The number of piperidine rings is 1. The Kier molecular flexibility index (Phi) is 5.51. The number of non-ortho nitro benzene ring substituents is 1. The topological polar surface area (TPSA) is 102 Å².